The van der Waals surface area contributed by atoms with Crippen LogP contribution in [0.5, 0.6) is 0 Å². The van der Waals surface area contributed by atoms with Gasteiger partial charge < -0.3 is 10.1 Å². The molecule has 0 saturated heterocycles. The number of hydrogen-bond donors (Lipinski definition) is 1. The van der Waals surface area contributed by atoms with Crippen LogP contribution in [-0.2, 0) is 9.53 Å². The maximum Gasteiger partial charge on any atom is 0.446 e. The number of carbonyl (C=O) groups is 2. The fraction of sp³-hybridized carbons (Fsp3) is 0.263. The molecule has 2 aromatic carbocycles. The van der Waals surface area contributed by atoms with E-state index in [0.29, 0.717) is 5.69 Å². The summed E-state index contributed by atoms with van der Waals surface area (Å²) in [5, 5.41) is 2.70. The quantitative estimate of drug-likeness (QED) is 0.569. The third-order valence-corrected chi connectivity index (χ3v) is 4.34. The van der Waals surface area contributed by atoms with E-state index in [2.05, 4.69) is 5.32 Å². The molecule has 0 atom stereocenters. The number of nitrogens with one attached hydrogen (secondary N) is 1. The number of halogens is 3. The van der Waals surface area contributed by atoms with Crippen LogP contribution in [0.4, 0.5) is 18.9 Å². The summed E-state index contributed by atoms with van der Waals surface area (Å²) in [4.78, 5) is 23.9. The van der Waals surface area contributed by atoms with Crippen LogP contribution in [0, 0.1) is 20.8 Å². The van der Waals surface area contributed by atoms with Crippen LogP contribution in [0.25, 0.3) is 0 Å². The molecule has 0 heterocycles. The molecule has 0 aromatic heterocycles. The lowest BCUT2D eigenvalue weighted by Crippen LogP contribution is -2.22. The number of benzene rings is 2. The molecule has 144 valence electrons. The summed E-state index contributed by atoms with van der Waals surface area (Å²) in [6.07, 6.45) is 0. The van der Waals surface area contributed by atoms with Crippen LogP contribution in [0.2, 0.25) is 0 Å². The second-order valence-corrected chi connectivity index (χ2v) is 7.11. The van der Waals surface area contributed by atoms with Crippen LogP contribution in [0.1, 0.15) is 27.0 Å². The molecule has 8 heteroatoms. The van der Waals surface area contributed by atoms with E-state index >= 15 is 0 Å². The monoisotopic (exact) mass is 397 g/mol. The Bertz CT molecular complexity index is 825. The van der Waals surface area contributed by atoms with Gasteiger partial charge in [0.05, 0.1) is 5.56 Å². The fourth-order valence-corrected chi connectivity index (χ4v) is 3.10. The average molecular weight is 397 g/mol. The van der Waals surface area contributed by atoms with Crippen molar-refractivity contribution in [2.24, 2.45) is 0 Å². The third-order valence-electron chi connectivity index (χ3n) is 3.60. The van der Waals surface area contributed by atoms with Gasteiger partial charge in [0, 0.05) is 10.6 Å². The van der Waals surface area contributed by atoms with Crippen molar-refractivity contribution in [2.75, 3.05) is 11.9 Å². The maximum absolute atomic E-state index is 12.3. The first-order valence-corrected chi connectivity index (χ1v) is 8.77. The number of esters is 1. The first kappa shape index (κ1) is 20.8. The molecule has 0 spiro atoms. The van der Waals surface area contributed by atoms with Crippen molar-refractivity contribution in [2.45, 2.75) is 31.2 Å². The van der Waals surface area contributed by atoms with Crippen LogP contribution in [0.15, 0.2) is 41.3 Å². The number of ether oxygens (including phenoxy) is 1. The summed E-state index contributed by atoms with van der Waals surface area (Å²) in [5.41, 5.74) is -0.810. The Kier molecular flexibility index (Phi) is 6.54. The number of carbonyl (C=O) groups excluding carboxylic acids is 2. The number of amides is 1. The minimum Gasteiger partial charge on any atom is -0.452 e. The number of aryl methyl sites for hydroxylation is 3. The van der Waals surface area contributed by atoms with E-state index in [0.717, 1.165) is 16.7 Å². The lowest BCUT2D eigenvalue weighted by Gasteiger charge is -2.13. The van der Waals surface area contributed by atoms with E-state index in [4.69, 9.17) is 4.74 Å². The molecule has 0 aliphatic heterocycles. The zero-order valence-corrected chi connectivity index (χ0v) is 15.8. The second kappa shape index (κ2) is 8.47. The summed E-state index contributed by atoms with van der Waals surface area (Å²) in [7, 11) is 0. The van der Waals surface area contributed by atoms with Crippen molar-refractivity contribution < 1.29 is 27.5 Å². The topological polar surface area (TPSA) is 55.4 Å². The first-order chi connectivity index (χ1) is 12.5. The molecular formula is C19H18F3NO3S. The smallest absolute Gasteiger partial charge is 0.446 e. The van der Waals surface area contributed by atoms with Gasteiger partial charge >= 0.3 is 11.5 Å². The minimum atomic E-state index is -4.40. The fourth-order valence-electron chi connectivity index (χ4n) is 2.56. The first-order valence-electron chi connectivity index (χ1n) is 7.96. The predicted octanol–water partition coefficient (Wildman–Crippen LogP) is 5.02. The molecular weight excluding hydrogens is 379 g/mol. The molecule has 1 amide bonds. The number of hydrogen-bond acceptors (Lipinski definition) is 4. The van der Waals surface area contributed by atoms with E-state index in [-0.39, 0.29) is 22.2 Å². The molecule has 0 unspecified atom stereocenters. The second-order valence-electron chi connectivity index (χ2n) is 5.97. The Labute approximate surface area is 159 Å². The Morgan fingerprint density at radius 1 is 1.04 bits per heavy atom. The molecule has 0 bridgehead atoms. The van der Waals surface area contributed by atoms with E-state index in [9.17, 15) is 22.8 Å². The van der Waals surface area contributed by atoms with Gasteiger partial charge in [0.1, 0.15) is 0 Å². The van der Waals surface area contributed by atoms with Gasteiger partial charge in [0.2, 0.25) is 0 Å². The molecule has 1 N–H and O–H groups in total. The molecule has 0 aliphatic carbocycles. The van der Waals surface area contributed by atoms with Gasteiger partial charge in [0.15, 0.2) is 6.61 Å². The summed E-state index contributed by atoms with van der Waals surface area (Å²) >= 11 is -0.272. The van der Waals surface area contributed by atoms with Crippen molar-refractivity contribution in [3.63, 3.8) is 0 Å². The van der Waals surface area contributed by atoms with Gasteiger partial charge in [-0.15, -0.1) is 0 Å². The van der Waals surface area contributed by atoms with Crippen LogP contribution in [-0.4, -0.2) is 24.0 Å². The summed E-state index contributed by atoms with van der Waals surface area (Å²) in [5.74, 6) is -1.28. The van der Waals surface area contributed by atoms with Crippen molar-refractivity contribution >= 4 is 29.3 Å². The predicted molar refractivity (Wildman–Crippen MR) is 97.9 cm³/mol. The molecule has 0 fully saturated rings. The van der Waals surface area contributed by atoms with Gasteiger partial charge in [-0.25, -0.2) is 4.79 Å². The number of rotatable bonds is 5. The SMILES string of the molecule is Cc1cc(C)c(NC(=O)COC(=O)c2ccc(SC(F)(F)F)cc2)c(C)c1. The number of alkyl halides is 3. The normalized spacial score (nSPS) is 11.2. The zero-order valence-electron chi connectivity index (χ0n) is 14.9. The zero-order chi connectivity index (χ0) is 20.2. The maximum atomic E-state index is 12.3. The highest BCUT2D eigenvalue weighted by Crippen LogP contribution is 2.36. The average Bonchev–Trinajstić information content (AvgIpc) is 2.55. The Hall–Kier alpha value is -2.48. The molecule has 27 heavy (non-hydrogen) atoms. The van der Waals surface area contributed by atoms with Gasteiger partial charge in [-0.05, 0) is 67.9 Å². The lowest BCUT2D eigenvalue weighted by molar-refractivity contribution is -0.119. The van der Waals surface area contributed by atoms with E-state index in [1.165, 1.54) is 24.3 Å². The number of anilines is 1. The minimum absolute atomic E-state index is 0.0397. The van der Waals surface area contributed by atoms with Crippen LogP contribution < -0.4 is 5.32 Å². The Morgan fingerprint density at radius 2 is 1.59 bits per heavy atom. The number of thioether (sulfide) groups is 1. The van der Waals surface area contributed by atoms with Crippen molar-refractivity contribution in [1.82, 2.24) is 0 Å². The van der Waals surface area contributed by atoms with Gasteiger partial charge in [0.25, 0.3) is 5.91 Å². The summed E-state index contributed by atoms with van der Waals surface area (Å²) < 4.78 is 41.8. The van der Waals surface area contributed by atoms with Crippen LogP contribution in [0.3, 0.4) is 0 Å². The van der Waals surface area contributed by atoms with Crippen molar-refractivity contribution in [3.05, 3.63) is 58.7 Å². The molecule has 2 aromatic rings. The van der Waals surface area contributed by atoms with Crippen molar-refractivity contribution in [1.29, 1.82) is 0 Å². The van der Waals surface area contributed by atoms with Crippen molar-refractivity contribution in [3.8, 4) is 0 Å². The Balaban J connectivity index is 1.92. The highest BCUT2D eigenvalue weighted by molar-refractivity contribution is 8.00. The van der Waals surface area contributed by atoms with Gasteiger partial charge in [-0.3, -0.25) is 4.79 Å². The van der Waals surface area contributed by atoms with E-state index < -0.39 is 24.0 Å². The lowest BCUT2D eigenvalue weighted by atomic mass is 10.1. The van der Waals surface area contributed by atoms with Crippen LogP contribution >= 0.6 is 11.8 Å². The summed E-state index contributed by atoms with van der Waals surface area (Å²) in [6, 6.07) is 8.65. The molecule has 0 radical (unpaired) electrons. The highest BCUT2D eigenvalue weighted by Gasteiger charge is 2.29. The molecule has 0 aliphatic rings. The van der Waals surface area contributed by atoms with Gasteiger partial charge in [-0.2, -0.15) is 13.2 Å². The standard InChI is InChI=1S/C19H18F3NO3S/c1-11-8-12(2)17(13(3)9-11)23-16(24)10-26-18(25)14-4-6-15(7-5-14)27-19(20,21)22/h4-9H,10H2,1-3H3,(H,23,24). The van der Waals surface area contributed by atoms with E-state index in [1.54, 1.807) is 0 Å². The summed E-state index contributed by atoms with van der Waals surface area (Å²) in [6.45, 7) is 5.18. The van der Waals surface area contributed by atoms with Gasteiger partial charge in [-0.1, -0.05) is 17.7 Å². The third kappa shape index (κ3) is 6.32. The molecule has 2 rings (SSSR count). The Morgan fingerprint density at radius 3 is 2.11 bits per heavy atom. The molecule has 0 saturated carbocycles. The van der Waals surface area contributed by atoms with E-state index in [1.807, 2.05) is 32.9 Å². The molecule has 4 nitrogen and oxygen atoms in total. The largest absolute Gasteiger partial charge is 0.452 e. The highest BCUT2D eigenvalue weighted by atomic mass is 32.2.